The lowest BCUT2D eigenvalue weighted by Crippen LogP contribution is -2.28. The lowest BCUT2D eigenvalue weighted by molar-refractivity contribution is 0.212. The van der Waals surface area contributed by atoms with Crippen LogP contribution in [-0.2, 0) is 20.8 Å². The fourth-order valence-corrected chi connectivity index (χ4v) is 5.59. The first kappa shape index (κ1) is 26.2. The van der Waals surface area contributed by atoms with Crippen LogP contribution in [0.1, 0.15) is 56.6 Å². The average Bonchev–Trinajstić information content (AvgIpc) is 2.72. The van der Waals surface area contributed by atoms with Crippen molar-refractivity contribution >= 4 is 28.6 Å². The van der Waals surface area contributed by atoms with Gasteiger partial charge in [0.2, 0.25) is 0 Å². The van der Waals surface area contributed by atoms with E-state index in [4.69, 9.17) is 5.73 Å². The Kier molecular flexibility index (Phi) is 9.55. The van der Waals surface area contributed by atoms with Crippen LogP contribution >= 0.6 is 12.4 Å². The molecule has 32 heavy (non-hydrogen) atoms. The number of rotatable bonds is 8. The molecule has 6 nitrogen and oxygen atoms in total. The SMILES string of the molecule is Cc1c(-c2ccccc2CN[C@@H](C)CC2CCCCC2)cccc1S(=O)(=O)OC(N)=O.Cl. The largest absolute Gasteiger partial charge is 0.420 e. The standard InChI is InChI=1S/C24H32N2O4S.ClH/c1-17(15-19-9-4-3-5-10-19)26-16-20-11-6-7-12-22(20)21-13-8-14-23(18(21)2)31(28,29)30-24(25)27;/h6-8,11-14,17,19,26H,3-5,9-10,15-16H2,1-2H3,(H2,25,27);1H/t17-;/m0./s1. The van der Waals surface area contributed by atoms with Gasteiger partial charge in [0, 0.05) is 12.6 Å². The summed E-state index contributed by atoms with van der Waals surface area (Å²) < 4.78 is 29.2. The predicted molar refractivity (Wildman–Crippen MR) is 129 cm³/mol. The normalized spacial score (nSPS) is 15.6. The molecule has 1 amide bonds. The van der Waals surface area contributed by atoms with Gasteiger partial charge in [-0.25, -0.2) is 4.79 Å². The Balaban J connectivity index is 0.00000363. The van der Waals surface area contributed by atoms with E-state index in [1.54, 1.807) is 13.0 Å². The highest BCUT2D eigenvalue weighted by Crippen LogP contribution is 2.32. The maximum atomic E-state index is 12.4. The number of halogens is 1. The van der Waals surface area contributed by atoms with Gasteiger partial charge in [0.05, 0.1) is 0 Å². The molecule has 3 rings (SSSR count). The van der Waals surface area contributed by atoms with E-state index in [1.165, 1.54) is 44.6 Å². The number of hydrogen-bond acceptors (Lipinski definition) is 5. The van der Waals surface area contributed by atoms with E-state index < -0.39 is 16.2 Å². The Morgan fingerprint density at radius 3 is 2.44 bits per heavy atom. The van der Waals surface area contributed by atoms with Gasteiger partial charge in [0.1, 0.15) is 4.90 Å². The average molecular weight is 481 g/mol. The monoisotopic (exact) mass is 480 g/mol. The first-order valence-corrected chi connectivity index (χ1v) is 12.3. The second kappa shape index (κ2) is 11.7. The van der Waals surface area contributed by atoms with Crippen molar-refractivity contribution in [3.63, 3.8) is 0 Å². The molecule has 1 saturated carbocycles. The number of benzene rings is 2. The molecule has 1 aliphatic carbocycles. The van der Waals surface area contributed by atoms with E-state index in [0.717, 1.165) is 22.6 Å². The molecule has 3 N–H and O–H groups in total. The summed E-state index contributed by atoms with van der Waals surface area (Å²) in [5.41, 5.74) is 8.27. The molecule has 0 unspecified atom stereocenters. The highest BCUT2D eigenvalue weighted by atomic mass is 35.5. The van der Waals surface area contributed by atoms with Crippen LogP contribution in [0.2, 0.25) is 0 Å². The number of nitrogens with one attached hydrogen (secondary N) is 1. The van der Waals surface area contributed by atoms with E-state index in [-0.39, 0.29) is 17.3 Å². The minimum atomic E-state index is -4.27. The molecule has 0 radical (unpaired) electrons. The zero-order valence-electron chi connectivity index (χ0n) is 18.7. The van der Waals surface area contributed by atoms with Gasteiger partial charge in [-0.1, -0.05) is 68.5 Å². The third-order valence-electron chi connectivity index (χ3n) is 6.11. The molecule has 0 aliphatic heterocycles. The summed E-state index contributed by atoms with van der Waals surface area (Å²) in [6.07, 6.45) is 6.55. The summed E-state index contributed by atoms with van der Waals surface area (Å²) in [5.74, 6) is 0.806. The van der Waals surface area contributed by atoms with Crippen molar-refractivity contribution in [3.05, 3.63) is 53.6 Å². The second-order valence-corrected chi connectivity index (χ2v) is 9.98. The van der Waals surface area contributed by atoms with Crippen molar-refractivity contribution < 1.29 is 17.4 Å². The Bertz CT molecular complexity index is 1020. The van der Waals surface area contributed by atoms with Crippen LogP contribution in [0.3, 0.4) is 0 Å². The third-order valence-corrected chi connectivity index (χ3v) is 7.47. The lowest BCUT2D eigenvalue weighted by Gasteiger charge is -2.25. The number of amides is 1. The van der Waals surface area contributed by atoms with Crippen LogP contribution in [0, 0.1) is 12.8 Å². The molecular formula is C24H33ClN2O4S. The molecule has 1 atom stereocenters. The maximum Gasteiger partial charge on any atom is 0.420 e. The van der Waals surface area contributed by atoms with Crippen LogP contribution < -0.4 is 11.1 Å². The highest BCUT2D eigenvalue weighted by Gasteiger charge is 2.23. The molecule has 2 aromatic carbocycles. The van der Waals surface area contributed by atoms with Gasteiger partial charge in [-0.15, -0.1) is 12.4 Å². The molecular weight excluding hydrogens is 448 g/mol. The van der Waals surface area contributed by atoms with Crippen molar-refractivity contribution in [2.45, 2.75) is 69.9 Å². The molecule has 176 valence electrons. The summed E-state index contributed by atoms with van der Waals surface area (Å²) in [4.78, 5) is 11.0. The molecule has 1 fully saturated rings. The molecule has 0 spiro atoms. The van der Waals surface area contributed by atoms with Crippen molar-refractivity contribution in [2.75, 3.05) is 0 Å². The topological polar surface area (TPSA) is 98.5 Å². The molecule has 0 saturated heterocycles. The number of hydrogen-bond donors (Lipinski definition) is 2. The Labute approximate surface area is 197 Å². The van der Waals surface area contributed by atoms with Crippen LogP contribution in [0.25, 0.3) is 11.1 Å². The second-order valence-electron chi connectivity index (χ2n) is 8.46. The van der Waals surface area contributed by atoms with Gasteiger partial charge in [-0.3, -0.25) is 0 Å². The van der Waals surface area contributed by atoms with E-state index in [1.807, 2.05) is 24.3 Å². The summed E-state index contributed by atoms with van der Waals surface area (Å²) >= 11 is 0. The van der Waals surface area contributed by atoms with E-state index in [0.29, 0.717) is 18.2 Å². The van der Waals surface area contributed by atoms with Crippen LogP contribution in [-0.4, -0.2) is 20.6 Å². The third kappa shape index (κ3) is 6.70. The summed E-state index contributed by atoms with van der Waals surface area (Å²) in [6.45, 7) is 4.64. The fraction of sp³-hybridized carbons (Fsp3) is 0.458. The van der Waals surface area contributed by atoms with Crippen LogP contribution in [0.15, 0.2) is 47.4 Å². The first-order valence-electron chi connectivity index (χ1n) is 10.9. The minimum Gasteiger partial charge on any atom is -0.334 e. The molecule has 0 bridgehead atoms. The zero-order valence-corrected chi connectivity index (χ0v) is 20.3. The van der Waals surface area contributed by atoms with Crippen molar-refractivity contribution in [2.24, 2.45) is 11.7 Å². The van der Waals surface area contributed by atoms with Crippen molar-refractivity contribution in [3.8, 4) is 11.1 Å². The number of primary amides is 1. The minimum absolute atomic E-state index is 0. The molecule has 0 aromatic heterocycles. The van der Waals surface area contributed by atoms with Gasteiger partial charge in [-0.05, 0) is 54.5 Å². The number of carbonyl (C=O) groups is 1. The van der Waals surface area contributed by atoms with Crippen molar-refractivity contribution in [1.29, 1.82) is 0 Å². The zero-order chi connectivity index (χ0) is 22.4. The molecule has 0 heterocycles. The van der Waals surface area contributed by atoms with E-state index in [9.17, 15) is 13.2 Å². The Morgan fingerprint density at radius 2 is 1.75 bits per heavy atom. The quantitative estimate of drug-likeness (QED) is 0.498. The Morgan fingerprint density at radius 1 is 1.09 bits per heavy atom. The summed E-state index contributed by atoms with van der Waals surface area (Å²) in [7, 11) is -4.27. The van der Waals surface area contributed by atoms with Gasteiger partial charge >= 0.3 is 16.2 Å². The van der Waals surface area contributed by atoms with E-state index in [2.05, 4.69) is 22.5 Å². The summed E-state index contributed by atoms with van der Waals surface area (Å²) in [6, 6.07) is 13.3. The smallest absolute Gasteiger partial charge is 0.334 e. The van der Waals surface area contributed by atoms with Gasteiger partial charge in [0.15, 0.2) is 0 Å². The summed E-state index contributed by atoms with van der Waals surface area (Å²) in [5, 5.41) is 3.64. The predicted octanol–water partition coefficient (Wildman–Crippen LogP) is 5.32. The van der Waals surface area contributed by atoms with Crippen LogP contribution in [0.4, 0.5) is 4.79 Å². The van der Waals surface area contributed by atoms with Crippen molar-refractivity contribution in [1.82, 2.24) is 5.32 Å². The maximum absolute atomic E-state index is 12.4. The number of carbonyl (C=O) groups excluding carboxylic acids is 1. The Hall–Kier alpha value is -2.09. The number of nitrogens with two attached hydrogens (primary N) is 1. The van der Waals surface area contributed by atoms with Gasteiger partial charge in [-0.2, -0.15) is 8.42 Å². The molecule has 1 aliphatic rings. The highest BCUT2D eigenvalue weighted by molar-refractivity contribution is 7.87. The molecule has 8 heteroatoms. The lowest BCUT2D eigenvalue weighted by atomic mass is 9.85. The molecule has 2 aromatic rings. The van der Waals surface area contributed by atoms with E-state index >= 15 is 0 Å². The van der Waals surface area contributed by atoms with Gasteiger partial charge < -0.3 is 15.2 Å². The van der Waals surface area contributed by atoms with Gasteiger partial charge in [0.25, 0.3) is 0 Å². The fourth-order valence-electron chi connectivity index (χ4n) is 4.56. The van der Waals surface area contributed by atoms with Crippen LogP contribution in [0.5, 0.6) is 0 Å². The first-order chi connectivity index (χ1) is 14.8.